The van der Waals surface area contributed by atoms with Crippen LogP contribution in [0.3, 0.4) is 0 Å². The molecular formula is C16H13Br3N2O4. The number of carbonyl (C=O) groups is 2. The summed E-state index contributed by atoms with van der Waals surface area (Å²) >= 11 is 10.1. The summed E-state index contributed by atoms with van der Waals surface area (Å²) < 4.78 is 12.5. The van der Waals surface area contributed by atoms with Crippen LogP contribution in [0.25, 0.3) is 0 Å². The van der Waals surface area contributed by atoms with Gasteiger partial charge >= 0.3 is 6.03 Å². The van der Waals surface area contributed by atoms with E-state index in [-0.39, 0.29) is 5.56 Å². The van der Waals surface area contributed by atoms with Gasteiger partial charge in [-0.25, -0.2) is 4.79 Å². The van der Waals surface area contributed by atoms with Gasteiger partial charge in [0.1, 0.15) is 17.1 Å². The van der Waals surface area contributed by atoms with Gasteiger partial charge in [-0.2, -0.15) is 0 Å². The molecule has 0 bridgehead atoms. The minimum absolute atomic E-state index is 0.136. The van der Waals surface area contributed by atoms with E-state index >= 15 is 0 Å². The van der Waals surface area contributed by atoms with E-state index < -0.39 is 11.9 Å². The van der Waals surface area contributed by atoms with Crippen molar-refractivity contribution in [1.82, 2.24) is 5.32 Å². The van der Waals surface area contributed by atoms with Crippen LogP contribution in [0, 0.1) is 0 Å². The number of methoxy groups -OCH3 is 2. The van der Waals surface area contributed by atoms with E-state index in [0.717, 1.165) is 4.47 Å². The molecule has 0 aliphatic heterocycles. The number of carbonyl (C=O) groups excluding carboxylic acids is 2. The average Bonchev–Trinajstić information content (AvgIpc) is 2.57. The lowest BCUT2D eigenvalue weighted by Gasteiger charge is -2.14. The number of halogens is 3. The van der Waals surface area contributed by atoms with Crippen LogP contribution in [-0.4, -0.2) is 26.2 Å². The first-order valence-electron chi connectivity index (χ1n) is 6.85. The normalized spacial score (nSPS) is 10.1. The average molecular weight is 537 g/mol. The number of amides is 3. The first kappa shape index (κ1) is 19.7. The van der Waals surface area contributed by atoms with Crippen molar-refractivity contribution in [2.45, 2.75) is 0 Å². The Labute approximate surface area is 169 Å². The zero-order valence-corrected chi connectivity index (χ0v) is 17.9. The molecular weight excluding hydrogens is 524 g/mol. The summed E-state index contributed by atoms with van der Waals surface area (Å²) in [7, 11) is 2.86. The van der Waals surface area contributed by atoms with Crippen molar-refractivity contribution in [3.63, 3.8) is 0 Å². The van der Waals surface area contributed by atoms with Gasteiger partial charge in [-0.05, 0) is 56.1 Å². The summed E-state index contributed by atoms with van der Waals surface area (Å²) in [5.41, 5.74) is 0.622. The van der Waals surface area contributed by atoms with Gasteiger partial charge in [0.05, 0.1) is 19.9 Å². The Morgan fingerprint density at radius 1 is 0.960 bits per heavy atom. The first-order chi connectivity index (χ1) is 11.9. The highest BCUT2D eigenvalue weighted by molar-refractivity contribution is 9.11. The number of rotatable bonds is 4. The van der Waals surface area contributed by atoms with Gasteiger partial charge in [-0.1, -0.05) is 22.0 Å². The molecule has 0 spiro atoms. The SMILES string of the molecule is COc1cccc(OC)c1C(=O)NC(=O)Nc1c(Br)cc(Br)cc1Br. The van der Waals surface area contributed by atoms with E-state index in [4.69, 9.17) is 9.47 Å². The summed E-state index contributed by atoms with van der Waals surface area (Å²) in [6.07, 6.45) is 0. The maximum absolute atomic E-state index is 12.5. The Bertz CT molecular complexity index is 782. The van der Waals surface area contributed by atoms with Crippen molar-refractivity contribution in [1.29, 1.82) is 0 Å². The molecule has 0 radical (unpaired) electrons. The fourth-order valence-corrected chi connectivity index (χ4v) is 4.50. The number of imide groups is 1. The minimum atomic E-state index is -0.693. The van der Waals surface area contributed by atoms with E-state index in [2.05, 4.69) is 58.4 Å². The second-order valence-corrected chi connectivity index (χ2v) is 7.31. The van der Waals surface area contributed by atoms with Gasteiger partial charge < -0.3 is 14.8 Å². The lowest BCUT2D eigenvalue weighted by molar-refractivity contribution is 0.0961. The number of benzene rings is 2. The Morgan fingerprint density at radius 3 is 1.96 bits per heavy atom. The topological polar surface area (TPSA) is 76.7 Å². The maximum atomic E-state index is 12.5. The maximum Gasteiger partial charge on any atom is 0.326 e. The second-order valence-electron chi connectivity index (χ2n) is 4.69. The molecule has 0 heterocycles. The Balaban J connectivity index is 2.21. The predicted molar refractivity (Wildman–Crippen MR) is 106 cm³/mol. The Kier molecular flexibility index (Phi) is 6.86. The molecule has 3 amide bonds. The highest BCUT2D eigenvalue weighted by Crippen LogP contribution is 2.34. The van der Waals surface area contributed by atoms with Crippen molar-refractivity contribution in [3.05, 3.63) is 49.3 Å². The van der Waals surface area contributed by atoms with Crippen molar-refractivity contribution in [2.24, 2.45) is 0 Å². The van der Waals surface area contributed by atoms with Crippen molar-refractivity contribution in [3.8, 4) is 11.5 Å². The zero-order chi connectivity index (χ0) is 18.6. The Morgan fingerprint density at radius 2 is 1.48 bits per heavy atom. The number of anilines is 1. The number of hydrogen-bond donors (Lipinski definition) is 2. The van der Waals surface area contributed by atoms with E-state index in [9.17, 15) is 9.59 Å². The Hall–Kier alpha value is -1.58. The van der Waals surface area contributed by atoms with Crippen LogP contribution >= 0.6 is 47.8 Å². The van der Waals surface area contributed by atoms with Gasteiger partial charge in [0.15, 0.2) is 0 Å². The van der Waals surface area contributed by atoms with Gasteiger partial charge in [-0.15, -0.1) is 0 Å². The van der Waals surface area contributed by atoms with Crippen LogP contribution in [0.2, 0.25) is 0 Å². The third-order valence-electron chi connectivity index (χ3n) is 3.13. The number of ether oxygens (including phenoxy) is 2. The van der Waals surface area contributed by atoms with E-state index in [1.807, 2.05) is 0 Å². The van der Waals surface area contributed by atoms with E-state index in [1.54, 1.807) is 30.3 Å². The smallest absolute Gasteiger partial charge is 0.326 e. The molecule has 0 saturated carbocycles. The van der Waals surface area contributed by atoms with E-state index in [1.165, 1.54) is 14.2 Å². The van der Waals surface area contributed by atoms with Crippen molar-refractivity contribution in [2.75, 3.05) is 19.5 Å². The molecule has 0 saturated heterocycles. The van der Waals surface area contributed by atoms with Crippen molar-refractivity contribution >= 4 is 65.4 Å². The van der Waals surface area contributed by atoms with Gasteiger partial charge in [-0.3, -0.25) is 10.1 Å². The predicted octanol–water partition coefficient (Wildman–Crippen LogP) is 4.95. The van der Waals surface area contributed by atoms with Crippen LogP contribution < -0.4 is 20.1 Å². The monoisotopic (exact) mass is 534 g/mol. The third kappa shape index (κ3) is 4.74. The van der Waals surface area contributed by atoms with Gasteiger partial charge in [0.25, 0.3) is 5.91 Å². The molecule has 2 aromatic rings. The molecule has 0 atom stereocenters. The summed E-state index contributed by atoms with van der Waals surface area (Å²) in [6, 6.07) is 7.75. The standard InChI is InChI=1S/C16H13Br3N2O4/c1-24-11-4-3-5-12(25-2)13(11)15(22)21-16(23)20-14-9(18)6-8(17)7-10(14)19/h3-7H,1-2H3,(H2,20,21,22,23). The van der Waals surface area contributed by atoms with Crippen LogP contribution in [0.5, 0.6) is 11.5 Å². The molecule has 2 rings (SSSR count). The number of nitrogens with one attached hydrogen (secondary N) is 2. The molecule has 6 nitrogen and oxygen atoms in total. The van der Waals surface area contributed by atoms with Gasteiger partial charge in [0.2, 0.25) is 0 Å². The summed E-state index contributed by atoms with van der Waals surface area (Å²) in [5.74, 6) is -0.0394. The van der Waals surface area contributed by atoms with Crippen molar-refractivity contribution < 1.29 is 19.1 Å². The number of urea groups is 1. The fraction of sp³-hybridized carbons (Fsp3) is 0.125. The van der Waals surface area contributed by atoms with Crippen LogP contribution in [0.4, 0.5) is 10.5 Å². The lowest BCUT2D eigenvalue weighted by atomic mass is 10.1. The summed E-state index contributed by atoms with van der Waals surface area (Å²) in [4.78, 5) is 24.7. The highest BCUT2D eigenvalue weighted by Gasteiger charge is 2.21. The molecule has 25 heavy (non-hydrogen) atoms. The highest BCUT2D eigenvalue weighted by atomic mass is 79.9. The molecule has 0 aliphatic carbocycles. The lowest BCUT2D eigenvalue weighted by Crippen LogP contribution is -2.35. The van der Waals surface area contributed by atoms with Gasteiger partial charge in [0, 0.05) is 13.4 Å². The molecule has 0 aliphatic rings. The molecule has 132 valence electrons. The second kappa shape index (κ2) is 8.68. The van der Waals surface area contributed by atoms with Crippen LogP contribution in [0.15, 0.2) is 43.7 Å². The molecule has 0 unspecified atom stereocenters. The largest absolute Gasteiger partial charge is 0.496 e. The molecule has 2 aromatic carbocycles. The summed E-state index contributed by atoms with van der Waals surface area (Å²) in [5, 5.41) is 4.88. The zero-order valence-electron chi connectivity index (χ0n) is 13.2. The molecule has 0 aromatic heterocycles. The third-order valence-corrected chi connectivity index (χ3v) is 4.84. The fourth-order valence-electron chi connectivity index (χ4n) is 2.05. The molecule has 2 N–H and O–H groups in total. The molecule has 0 fully saturated rings. The quantitative estimate of drug-likeness (QED) is 0.579. The van der Waals surface area contributed by atoms with E-state index in [0.29, 0.717) is 26.1 Å². The molecule has 9 heteroatoms. The van der Waals surface area contributed by atoms with Crippen LogP contribution in [-0.2, 0) is 0 Å². The minimum Gasteiger partial charge on any atom is -0.496 e. The van der Waals surface area contributed by atoms with Crippen LogP contribution in [0.1, 0.15) is 10.4 Å². The summed E-state index contributed by atoms with van der Waals surface area (Å²) in [6.45, 7) is 0. The number of hydrogen-bond acceptors (Lipinski definition) is 4. The first-order valence-corrected chi connectivity index (χ1v) is 9.23.